The number of rotatable bonds is 8. The van der Waals surface area contributed by atoms with Crippen LogP contribution in [0.5, 0.6) is 0 Å². The third-order valence-electron chi connectivity index (χ3n) is 3.56. The Bertz CT molecular complexity index is 462. The molecule has 0 aliphatic rings. The molecule has 3 nitrogen and oxygen atoms in total. The van der Waals surface area contributed by atoms with Crippen molar-refractivity contribution in [2.75, 3.05) is 6.61 Å². The fourth-order valence-corrected chi connectivity index (χ4v) is 2.25. The molecule has 0 amide bonds. The zero-order valence-corrected chi connectivity index (χ0v) is 13.4. The highest BCUT2D eigenvalue weighted by Crippen LogP contribution is 2.13. The predicted molar refractivity (Wildman–Crippen MR) is 82.8 cm³/mol. The van der Waals surface area contributed by atoms with Gasteiger partial charge in [-0.15, -0.1) is 0 Å². The van der Waals surface area contributed by atoms with Crippen LogP contribution in [0.3, 0.4) is 0 Å². The molecule has 0 aliphatic heterocycles. The summed E-state index contributed by atoms with van der Waals surface area (Å²) >= 11 is 0. The third kappa shape index (κ3) is 6.25. The van der Waals surface area contributed by atoms with Crippen LogP contribution < -0.4 is 5.32 Å². The summed E-state index contributed by atoms with van der Waals surface area (Å²) in [6, 6.07) is 5.43. The Hall–Kier alpha value is -1.42. The molecule has 0 aromatic heterocycles. The van der Waals surface area contributed by atoms with Crippen LogP contribution in [0, 0.1) is 12.7 Å². The first-order valence-electron chi connectivity index (χ1n) is 7.62. The van der Waals surface area contributed by atoms with E-state index in [4.69, 9.17) is 4.74 Å². The van der Waals surface area contributed by atoms with E-state index in [9.17, 15) is 9.18 Å². The van der Waals surface area contributed by atoms with Crippen molar-refractivity contribution in [3.05, 3.63) is 35.1 Å². The van der Waals surface area contributed by atoms with E-state index in [1.54, 1.807) is 19.9 Å². The minimum atomic E-state index is -0.199. The number of nitrogens with one attached hydrogen (secondary N) is 1. The summed E-state index contributed by atoms with van der Waals surface area (Å²) in [5.74, 6) is -0.396. The lowest BCUT2D eigenvalue weighted by Gasteiger charge is -2.22. The second-order valence-electron chi connectivity index (χ2n) is 5.47. The predicted octanol–water partition coefficient (Wildman–Crippen LogP) is 3.39. The topological polar surface area (TPSA) is 38.3 Å². The molecule has 4 heteroatoms. The Labute approximate surface area is 126 Å². The Morgan fingerprint density at radius 3 is 2.67 bits per heavy atom. The minimum Gasteiger partial charge on any atom is -0.466 e. The lowest BCUT2D eigenvalue weighted by atomic mass is 10.0. The first-order valence-corrected chi connectivity index (χ1v) is 7.62. The van der Waals surface area contributed by atoms with Crippen LogP contribution >= 0.6 is 0 Å². The SMILES string of the molecule is CCOC(=O)CC(Cc1ccc(F)c(C)c1)NC(C)CC. The highest BCUT2D eigenvalue weighted by Gasteiger charge is 2.17. The molecule has 0 fully saturated rings. The molecule has 0 bridgehead atoms. The molecule has 0 spiro atoms. The van der Waals surface area contributed by atoms with E-state index in [0.29, 0.717) is 31.1 Å². The number of benzene rings is 1. The van der Waals surface area contributed by atoms with Gasteiger partial charge in [0.05, 0.1) is 13.0 Å². The quantitative estimate of drug-likeness (QED) is 0.747. The summed E-state index contributed by atoms with van der Waals surface area (Å²) in [6.45, 7) is 8.14. The summed E-state index contributed by atoms with van der Waals surface area (Å²) in [7, 11) is 0. The maximum absolute atomic E-state index is 13.3. The largest absolute Gasteiger partial charge is 0.466 e. The van der Waals surface area contributed by atoms with Crippen molar-refractivity contribution in [3.8, 4) is 0 Å². The highest BCUT2D eigenvalue weighted by molar-refractivity contribution is 5.70. The van der Waals surface area contributed by atoms with Crippen molar-refractivity contribution in [3.63, 3.8) is 0 Å². The minimum absolute atomic E-state index is 0.00358. The van der Waals surface area contributed by atoms with Gasteiger partial charge in [-0.1, -0.05) is 19.1 Å². The van der Waals surface area contributed by atoms with Gasteiger partial charge in [-0.25, -0.2) is 4.39 Å². The van der Waals surface area contributed by atoms with Gasteiger partial charge in [0.25, 0.3) is 0 Å². The molecule has 2 atom stereocenters. The number of hydrogen-bond donors (Lipinski definition) is 1. The maximum Gasteiger partial charge on any atom is 0.307 e. The molecule has 1 rings (SSSR count). The van der Waals surface area contributed by atoms with E-state index in [1.165, 1.54) is 6.07 Å². The molecule has 1 aromatic carbocycles. The second kappa shape index (κ2) is 8.78. The molecule has 118 valence electrons. The zero-order valence-electron chi connectivity index (χ0n) is 13.4. The van der Waals surface area contributed by atoms with Crippen LogP contribution in [0.1, 0.15) is 44.7 Å². The molecular weight excluding hydrogens is 269 g/mol. The van der Waals surface area contributed by atoms with Gasteiger partial charge < -0.3 is 10.1 Å². The molecular formula is C17H26FNO2. The van der Waals surface area contributed by atoms with Gasteiger partial charge in [-0.2, -0.15) is 0 Å². The number of ether oxygens (including phenoxy) is 1. The van der Waals surface area contributed by atoms with Crippen molar-refractivity contribution < 1.29 is 13.9 Å². The van der Waals surface area contributed by atoms with Crippen molar-refractivity contribution in [1.29, 1.82) is 0 Å². The van der Waals surface area contributed by atoms with E-state index in [0.717, 1.165) is 12.0 Å². The van der Waals surface area contributed by atoms with Gasteiger partial charge in [0.2, 0.25) is 0 Å². The second-order valence-corrected chi connectivity index (χ2v) is 5.47. The van der Waals surface area contributed by atoms with E-state index in [-0.39, 0.29) is 17.8 Å². The van der Waals surface area contributed by atoms with Crippen molar-refractivity contribution >= 4 is 5.97 Å². The fourth-order valence-electron chi connectivity index (χ4n) is 2.25. The van der Waals surface area contributed by atoms with Crippen molar-refractivity contribution in [1.82, 2.24) is 5.32 Å². The van der Waals surface area contributed by atoms with E-state index in [2.05, 4.69) is 19.2 Å². The van der Waals surface area contributed by atoms with Gasteiger partial charge in [0, 0.05) is 12.1 Å². The van der Waals surface area contributed by atoms with Gasteiger partial charge in [-0.05, 0) is 50.8 Å². The molecule has 0 saturated carbocycles. The van der Waals surface area contributed by atoms with Crippen molar-refractivity contribution in [2.24, 2.45) is 0 Å². The summed E-state index contributed by atoms with van der Waals surface area (Å²) in [4.78, 5) is 11.7. The van der Waals surface area contributed by atoms with Crippen molar-refractivity contribution in [2.45, 2.75) is 59.0 Å². The summed E-state index contributed by atoms with van der Waals surface area (Å²) in [5, 5.41) is 3.44. The smallest absolute Gasteiger partial charge is 0.307 e. The molecule has 0 radical (unpaired) electrons. The molecule has 0 saturated heterocycles. The lowest BCUT2D eigenvalue weighted by molar-refractivity contribution is -0.143. The normalized spacial score (nSPS) is 13.8. The first-order chi connectivity index (χ1) is 9.96. The fraction of sp³-hybridized carbons (Fsp3) is 0.588. The number of esters is 1. The van der Waals surface area contributed by atoms with E-state index in [1.807, 2.05) is 6.07 Å². The molecule has 2 unspecified atom stereocenters. The summed E-state index contributed by atoms with van der Waals surface area (Å²) in [6.07, 6.45) is 2.00. The van der Waals surface area contributed by atoms with Crippen LogP contribution in [-0.2, 0) is 16.0 Å². The number of hydrogen-bond acceptors (Lipinski definition) is 3. The Kier molecular flexibility index (Phi) is 7.37. The van der Waals surface area contributed by atoms with Crippen LogP contribution in [0.4, 0.5) is 4.39 Å². The summed E-state index contributed by atoms with van der Waals surface area (Å²) in [5.41, 5.74) is 1.66. The van der Waals surface area contributed by atoms with Crippen LogP contribution in [0.15, 0.2) is 18.2 Å². The van der Waals surface area contributed by atoms with Crippen LogP contribution in [-0.4, -0.2) is 24.7 Å². The lowest BCUT2D eigenvalue weighted by Crippen LogP contribution is -2.39. The number of halogens is 1. The van der Waals surface area contributed by atoms with Gasteiger partial charge >= 0.3 is 5.97 Å². The average Bonchev–Trinajstić information content (AvgIpc) is 2.43. The van der Waals surface area contributed by atoms with Crippen LogP contribution in [0.2, 0.25) is 0 Å². The molecule has 1 N–H and O–H groups in total. The number of carbonyl (C=O) groups is 1. The van der Waals surface area contributed by atoms with Gasteiger partial charge in [0.15, 0.2) is 0 Å². The Morgan fingerprint density at radius 2 is 2.10 bits per heavy atom. The molecule has 21 heavy (non-hydrogen) atoms. The number of aryl methyl sites for hydroxylation is 1. The van der Waals surface area contributed by atoms with E-state index < -0.39 is 0 Å². The summed E-state index contributed by atoms with van der Waals surface area (Å²) < 4.78 is 18.4. The van der Waals surface area contributed by atoms with Gasteiger partial charge in [0.1, 0.15) is 5.82 Å². The molecule has 0 heterocycles. The third-order valence-corrected chi connectivity index (χ3v) is 3.56. The van der Waals surface area contributed by atoms with Gasteiger partial charge in [-0.3, -0.25) is 4.79 Å². The molecule has 0 aliphatic carbocycles. The van der Waals surface area contributed by atoms with Crippen LogP contribution in [0.25, 0.3) is 0 Å². The Morgan fingerprint density at radius 1 is 1.38 bits per heavy atom. The first kappa shape index (κ1) is 17.6. The standard InChI is InChI=1S/C17H26FNO2/c1-5-13(4)19-15(11-17(20)21-6-2)10-14-7-8-16(18)12(3)9-14/h7-9,13,15,19H,5-6,10-11H2,1-4H3. The molecule has 1 aromatic rings. The zero-order chi connectivity index (χ0) is 15.8. The van der Waals surface area contributed by atoms with E-state index >= 15 is 0 Å². The highest BCUT2D eigenvalue weighted by atomic mass is 19.1. The monoisotopic (exact) mass is 295 g/mol. The maximum atomic E-state index is 13.3. The number of carbonyl (C=O) groups excluding carboxylic acids is 1. The Balaban J connectivity index is 2.74. The average molecular weight is 295 g/mol.